The minimum atomic E-state index is -1.93. The van der Waals surface area contributed by atoms with E-state index < -0.39 is 67.3 Å². The van der Waals surface area contributed by atoms with Gasteiger partial charge >= 0.3 is 23.9 Å². The highest BCUT2D eigenvalue weighted by molar-refractivity contribution is 5.74. The molecule has 0 saturated carbocycles. The van der Waals surface area contributed by atoms with Crippen molar-refractivity contribution in [3.05, 3.63) is 109 Å². The van der Waals surface area contributed by atoms with Crippen molar-refractivity contribution in [2.24, 2.45) is 0 Å². The van der Waals surface area contributed by atoms with Crippen molar-refractivity contribution in [2.45, 2.75) is 250 Å². The molecule has 1 fully saturated rings. The molecule has 1 saturated heterocycles. The molecule has 75 heavy (non-hydrogen) atoms. The zero-order chi connectivity index (χ0) is 54.7. The maximum absolute atomic E-state index is 13.1. The molecule has 0 aromatic carbocycles. The third-order valence-electron chi connectivity index (χ3n) is 12.3. The molecule has 6 unspecified atom stereocenters. The third-order valence-corrected chi connectivity index (χ3v) is 12.3. The normalized spacial score (nSPS) is 19.0. The smallest absolute Gasteiger partial charge is 0.335 e. The second-order valence-electron chi connectivity index (χ2n) is 19.2. The van der Waals surface area contributed by atoms with Gasteiger partial charge in [-0.3, -0.25) is 14.4 Å². The van der Waals surface area contributed by atoms with Crippen molar-refractivity contribution >= 4 is 23.9 Å². The number of aliphatic hydroxyl groups excluding tert-OH is 2. The first-order valence-corrected chi connectivity index (χ1v) is 28.9. The zero-order valence-corrected chi connectivity index (χ0v) is 46.5. The molecular weight excluding hydrogens is 949 g/mol. The van der Waals surface area contributed by atoms with Crippen LogP contribution >= 0.6 is 0 Å². The summed E-state index contributed by atoms with van der Waals surface area (Å²) in [4.78, 5) is 51.0. The molecule has 3 N–H and O–H groups in total. The van der Waals surface area contributed by atoms with Gasteiger partial charge in [0.15, 0.2) is 24.6 Å². The van der Waals surface area contributed by atoms with Gasteiger partial charge in [-0.2, -0.15) is 0 Å². The summed E-state index contributed by atoms with van der Waals surface area (Å²) < 4.78 is 28.3. The molecule has 12 heteroatoms. The second-order valence-corrected chi connectivity index (χ2v) is 19.2. The van der Waals surface area contributed by atoms with Gasteiger partial charge in [0.25, 0.3) is 0 Å². The molecule has 6 atom stereocenters. The summed E-state index contributed by atoms with van der Waals surface area (Å²) in [6.45, 7) is 5.67. The highest BCUT2D eigenvalue weighted by atomic mass is 16.7. The summed E-state index contributed by atoms with van der Waals surface area (Å²) in [6, 6.07) is 0. The number of esters is 3. The molecular formula is C63H100O12. The first kappa shape index (κ1) is 68.4. The number of ether oxygens (including phenoxy) is 5. The van der Waals surface area contributed by atoms with E-state index in [0.29, 0.717) is 25.7 Å². The number of allylic oxidation sites excluding steroid dienone is 18. The molecule has 0 aliphatic carbocycles. The van der Waals surface area contributed by atoms with E-state index in [1.807, 2.05) is 12.2 Å². The summed E-state index contributed by atoms with van der Waals surface area (Å²) >= 11 is 0. The Bertz CT molecular complexity index is 1720. The van der Waals surface area contributed by atoms with Crippen LogP contribution in [0.3, 0.4) is 0 Å². The number of aliphatic carboxylic acids is 1. The molecule has 0 aromatic rings. The Labute approximate surface area is 453 Å². The SMILES string of the molecule is CC/C=C\C/C=C\C/C=C\C/C=C\C/C=C\CCCC(=O)OC1C(OCC(COC(=O)CCCCCCCCC/C=C\C/C=C\C/C=C\CC)OC(=O)CCCCCCC/C=C\CCCC)OC(C(=O)O)C(O)C1O. The predicted octanol–water partition coefficient (Wildman–Crippen LogP) is 14.7. The average Bonchev–Trinajstić information content (AvgIpc) is 3.39. The molecule has 0 radical (unpaired) electrons. The lowest BCUT2D eigenvalue weighted by Gasteiger charge is -2.40. The summed E-state index contributed by atoms with van der Waals surface area (Å²) in [5, 5.41) is 31.4. The standard InChI is InChI=1S/C63H100O12/c1-4-7-10-13-16-19-22-24-26-28-30-32-35-37-40-43-46-49-55(64)71-52-54(73-56(65)50-47-44-41-38-34-21-18-15-12-9-6-3)53-72-63-61(59(68)58(67)60(75-63)62(69)70)74-57(66)51-48-45-42-39-36-33-31-29-27-25-23-20-17-14-11-8-5-2/h7-8,10-11,15-20,24-27,31,33,39,42,54,58-61,63,67-68H,4-6,9,12-14,21-23,28-30,32,34-38,40-41,43-53H2,1-3H3,(H,69,70)/b10-7-,11-8-,18-15-,19-16-,20-17-,26-24-,27-25-,33-31-,42-39-. The summed E-state index contributed by atoms with van der Waals surface area (Å²) in [6.07, 6.45) is 55.0. The van der Waals surface area contributed by atoms with Crippen LogP contribution in [0.15, 0.2) is 109 Å². The number of aliphatic hydroxyl groups is 2. The van der Waals surface area contributed by atoms with Gasteiger partial charge in [-0.1, -0.05) is 194 Å². The van der Waals surface area contributed by atoms with E-state index in [1.165, 1.54) is 19.3 Å². The number of rotatable bonds is 47. The maximum Gasteiger partial charge on any atom is 0.335 e. The molecule has 0 amide bonds. The van der Waals surface area contributed by atoms with Gasteiger partial charge in [0.1, 0.15) is 18.8 Å². The molecule has 1 heterocycles. The molecule has 424 valence electrons. The molecule has 0 spiro atoms. The van der Waals surface area contributed by atoms with Crippen LogP contribution in [0.5, 0.6) is 0 Å². The van der Waals surface area contributed by atoms with Gasteiger partial charge in [-0.15, -0.1) is 0 Å². The molecule has 0 bridgehead atoms. The second kappa shape index (κ2) is 50.2. The fraction of sp³-hybridized carbons (Fsp3) is 0.651. The van der Waals surface area contributed by atoms with Crippen LogP contribution in [0.25, 0.3) is 0 Å². The highest BCUT2D eigenvalue weighted by Gasteiger charge is 2.50. The van der Waals surface area contributed by atoms with Gasteiger partial charge in [0.2, 0.25) is 0 Å². The summed E-state index contributed by atoms with van der Waals surface area (Å²) in [7, 11) is 0. The number of hydrogen-bond donors (Lipinski definition) is 3. The molecule has 0 aromatic heterocycles. The van der Waals surface area contributed by atoms with Gasteiger partial charge in [-0.25, -0.2) is 4.79 Å². The van der Waals surface area contributed by atoms with Crippen molar-refractivity contribution in [1.29, 1.82) is 0 Å². The Hall–Kier alpha value is -4.62. The lowest BCUT2D eigenvalue weighted by molar-refractivity contribution is -0.301. The van der Waals surface area contributed by atoms with E-state index >= 15 is 0 Å². The minimum Gasteiger partial charge on any atom is -0.479 e. The Morgan fingerprint density at radius 1 is 0.453 bits per heavy atom. The van der Waals surface area contributed by atoms with Crippen molar-refractivity contribution in [2.75, 3.05) is 13.2 Å². The van der Waals surface area contributed by atoms with Crippen LogP contribution in [0.4, 0.5) is 0 Å². The van der Waals surface area contributed by atoms with Crippen LogP contribution < -0.4 is 0 Å². The van der Waals surface area contributed by atoms with Gasteiger partial charge in [0, 0.05) is 19.3 Å². The number of carboxylic acid groups (broad SMARTS) is 1. The number of unbranched alkanes of at least 4 members (excludes halogenated alkanes) is 15. The highest BCUT2D eigenvalue weighted by Crippen LogP contribution is 2.26. The predicted molar refractivity (Wildman–Crippen MR) is 303 cm³/mol. The van der Waals surface area contributed by atoms with E-state index in [1.54, 1.807) is 0 Å². The zero-order valence-electron chi connectivity index (χ0n) is 46.5. The lowest BCUT2D eigenvalue weighted by atomic mass is 9.98. The van der Waals surface area contributed by atoms with E-state index in [4.69, 9.17) is 23.7 Å². The summed E-state index contributed by atoms with van der Waals surface area (Å²) in [5.41, 5.74) is 0. The number of carboxylic acids is 1. The molecule has 1 aliphatic rings. The molecule has 1 aliphatic heterocycles. The maximum atomic E-state index is 13.1. The van der Waals surface area contributed by atoms with Crippen LogP contribution in [-0.2, 0) is 42.9 Å². The van der Waals surface area contributed by atoms with Gasteiger partial charge in [0.05, 0.1) is 6.61 Å². The Morgan fingerprint density at radius 3 is 1.33 bits per heavy atom. The lowest BCUT2D eigenvalue weighted by Crippen LogP contribution is -2.61. The molecule has 12 nitrogen and oxygen atoms in total. The number of carbonyl (C=O) groups excluding carboxylic acids is 3. The van der Waals surface area contributed by atoms with Gasteiger partial charge < -0.3 is 39.0 Å². The fourth-order valence-corrected chi connectivity index (χ4v) is 7.93. The molecule has 1 rings (SSSR count). The number of hydrogen-bond acceptors (Lipinski definition) is 11. The van der Waals surface area contributed by atoms with Crippen molar-refractivity contribution in [3.8, 4) is 0 Å². The average molecular weight is 1050 g/mol. The van der Waals surface area contributed by atoms with Crippen molar-refractivity contribution < 1.29 is 58.2 Å². The van der Waals surface area contributed by atoms with E-state index in [2.05, 4.69) is 118 Å². The quantitative estimate of drug-likeness (QED) is 0.0228. The van der Waals surface area contributed by atoms with Crippen molar-refractivity contribution in [3.63, 3.8) is 0 Å². The Balaban J connectivity index is 2.73. The van der Waals surface area contributed by atoms with E-state index in [9.17, 15) is 34.5 Å². The minimum absolute atomic E-state index is 0.0246. The first-order valence-electron chi connectivity index (χ1n) is 28.9. The van der Waals surface area contributed by atoms with E-state index in [0.717, 1.165) is 128 Å². The number of carbonyl (C=O) groups is 4. The van der Waals surface area contributed by atoms with Gasteiger partial charge in [-0.05, 0) is 109 Å². The topological polar surface area (TPSA) is 175 Å². The third kappa shape index (κ3) is 40.3. The van der Waals surface area contributed by atoms with Crippen LogP contribution in [-0.4, -0.2) is 89.2 Å². The van der Waals surface area contributed by atoms with Crippen LogP contribution in [0.2, 0.25) is 0 Å². The van der Waals surface area contributed by atoms with Crippen LogP contribution in [0.1, 0.15) is 213 Å². The Morgan fingerprint density at radius 2 is 0.853 bits per heavy atom. The fourth-order valence-electron chi connectivity index (χ4n) is 7.93. The monoisotopic (exact) mass is 1050 g/mol. The largest absolute Gasteiger partial charge is 0.479 e. The van der Waals surface area contributed by atoms with Crippen molar-refractivity contribution in [1.82, 2.24) is 0 Å². The summed E-state index contributed by atoms with van der Waals surface area (Å²) in [5.74, 6) is -3.24. The first-order chi connectivity index (χ1) is 36.6. The van der Waals surface area contributed by atoms with E-state index in [-0.39, 0.29) is 25.9 Å². The Kier molecular flexibility index (Phi) is 45.8. The van der Waals surface area contributed by atoms with Crippen LogP contribution in [0, 0.1) is 0 Å².